The van der Waals surface area contributed by atoms with Gasteiger partial charge in [-0.15, -0.1) is 0 Å². The highest BCUT2D eigenvalue weighted by Gasteiger charge is 2.04. The van der Waals surface area contributed by atoms with E-state index in [1.807, 2.05) is 19.1 Å². The van der Waals surface area contributed by atoms with Crippen molar-refractivity contribution in [3.63, 3.8) is 0 Å². The Labute approximate surface area is 110 Å². The molecular weight excluding hydrogens is 226 g/mol. The van der Waals surface area contributed by atoms with Gasteiger partial charge in [0, 0.05) is 13.1 Å². The molecule has 3 nitrogen and oxygen atoms in total. The van der Waals surface area contributed by atoms with Crippen LogP contribution in [0.1, 0.15) is 26.3 Å². The maximum absolute atomic E-state index is 5.49. The molecule has 0 atom stereocenters. The van der Waals surface area contributed by atoms with E-state index in [1.54, 1.807) is 7.11 Å². The average Bonchev–Trinajstić information content (AvgIpc) is 2.36. The lowest BCUT2D eigenvalue weighted by atomic mass is 10.2. The average molecular weight is 249 g/mol. The van der Waals surface area contributed by atoms with Gasteiger partial charge in [-0.05, 0) is 38.5 Å². The third-order valence-electron chi connectivity index (χ3n) is 2.51. The van der Waals surface area contributed by atoms with Gasteiger partial charge in [-0.3, -0.25) is 0 Å². The minimum absolute atomic E-state index is 0.647. The second-order valence-electron chi connectivity index (χ2n) is 4.33. The molecule has 3 heteroatoms. The first-order valence-electron chi connectivity index (χ1n) is 6.31. The van der Waals surface area contributed by atoms with Crippen molar-refractivity contribution in [2.45, 2.75) is 27.3 Å². The van der Waals surface area contributed by atoms with Crippen LogP contribution in [0.2, 0.25) is 0 Å². The first-order valence-corrected chi connectivity index (χ1v) is 6.31. The summed E-state index contributed by atoms with van der Waals surface area (Å²) in [6.45, 7) is 8.52. The van der Waals surface area contributed by atoms with Gasteiger partial charge in [0.2, 0.25) is 0 Å². The van der Waals surface area contributed by atoms with Gasteiger partial charge in [0.1, 0.15) is 0 Å². The minimum Gasteiger partial charge on any atom is -0.493 e. The molecule has 0 radical (unpaired) electrons. The second kappa shape index (κ2) is 7.77. The van der Waals surface area contributed by atoms with Gasteiger partial charge >= 0.3 is 0 Å². The van der Waals surface area contributed by atoms with Crippen molar-refractivity contribution in [2.24, 2.45) is 0 Å². The Balaban J connectivity index is 2.59. The molecule has 0 saturated carbocycles. The molecule has 0 aliphatic carbocycles. The van der Waals surface area contributed by atoms with Crippen LogP contribution in [0.15, 0.2) is 29.8 Å². The number of methoxy groups -OCH3 is 1. The van der Waals surface area contributed by atoms with E-state index < -0.39 is 0 Å². The molecule has 100 valence electrons. The van der Waals surface area contributed by atoms with Gasteiger partial charge < -0.3 is 14.8 Å². The predicted octanol–water partition coefficient (Wildman–Crippen LogP) is 3.15. The smallest absolute Gasteiger partial charge is 0.161 e. The Bertz CT molecular complexity index is 395. The van der Waals surface area contributed by atoms with Crippen LogP contribution in [0.25, 0.3) is 0 Å². The molecule has 0 aliphatic rings. The van der Waals surface area contributed by atoms with Crippen LogP contribution in [0.3, 0.4) is 0 Å². The Kier molecular flexibility index (Phi) is 6.29. The monoisotopic (exact) mass is 249 g/mol. The number of benzene rings is 1. The van der Waals surface area contributed by atoms with Crippen LogP contribution in [0.4, 0.5) is 0 Å². The first-order chi connectivity index (χ1) is 8.67. The Morgan fingerprint density at radius 2 is 2.06 bits per heavy atom. The Morgan fingerprint density at radius 3 is 2.67 bits per heavy atom. The first kappa shape index (κ1) is 14.6. The van der Waals surface area contributed by atoms with E-state index in [2.05, 4.69) is 31.3 Å². The summed E-state index contributed by atoms with van der Waals surface area (Å²) in [6.07, 6.45) is 2.17. The third kappa shape index (κ3) is 4.80. The van der Waals surface area contributed by atoms with Gasteiger partial charge in [-0.25, -0.2) is 0 Å². The van der Waals surface area contributed by atoms with Crippen molar-refractivity contribution in [3.8, 4) is 11.5 Å². The maximum atomic E-state index is 5.49. The molecule has 1 N–H and O–H groups in total. The highest BCUT2D eigenvalue weighted by atomic mass is 16.5. The number of allylic oxidation sites excluding steroid dienone is 1. The number of hydrogen-bond acceptors (Lipinski definition) is 3. The van der Waals surface area contributed by atoms with Gasteiger partial charge in [0.05, 0.1) is 13.7 Å². The van der Waals surface area contributed by atoms with E-state index in [0.29, 0.717) is 6.61 Å². The fourth-order valence-corrected chi connectivity index (χ4v) is 1.59. The molecule has 1 aromatic rings. The highest BCUT2D eigenvalue weighted by Crippen LogP contribution is 2.27. The molecule has 0 spiro atoms. The summed E-state index contributed by atoms with van der Waals surface area (Å²) in [7, 11) is 1.66. The SMILES string of the molecule is CCOc1ccc(CNCC=C(C)C)cc1OC. The normalized spacial score (nSPS) is 10.0. The summed E-state index contributed by atoms with van der Waals surface area (Å²) in [5.41, 5.74) is 2.52. The quantitative estimate of drug-likeness (QED) is 0.595. The Morgan fingerprint density at radius 1 is 1.28 bits per heavy atom. The topological polar surface area (TPSA) is 30.5 Å². The summed E-state index contributed by atoms with van der Waals surface area (Å²) in [6, 6.07) is 6.03. The number of rotatable bonds is 7. The van der Waals surface area contributed by atoms with Crippen LogP contribution in [-0.2, 0) is 6.54 Å². The van der Waals surface area contributed by atoms with Crippen molar-refractivity contribution in [2.75, 3.05) is 20.3 Å². The summed E-state index contributed by atoms with van der Waals surface area (Å²) < 4.78 is 10.8. The second-order valence-corrected chi connectivity index (χ2v) is 4.33. The van der Waals surface area contributed by atoms with Gasteiger partial charge in [-0.1, -0.05) is 17.7 Å². The molecular formula is C15H23NO2. The zero-order valence-corrected chi connectivity index (χ0v) is 11.7. The lowest BCUT2D eigenvalue weighted by molar-refractivity contribution is 0.310. The summed E-state index contributed by atoms with van der Waals surface area (Å²) in [5.74, 6) is 1.59. The van der Waals surface area contributed by atoms with E-state index in [4.69, 9.17) is 9.47 Å². The molecule has 0 bridgehead atoms. The van der Waals surface area contributed by atoms with Gasteiger partial charge in [0.15, 0.2) is 11.5 Å². The minimum atomic E-state index is 0.647. The molecule has 0 fully saturated rings. The zero-order chi connectivity index (χ0) is 13.4. The van der Waals surface area contributed by atoms with Crippen molar-refractivity contribution < 1.29 is 9.47 Å². The summed E-state index contributed by atoms with van der Waals surface area (Å²) in [5, 5.41) is 3.36. The predicted molar refractivity (Wildman–Crippen MR) is 75.3 cm³/mol. The van der Waals surface area contributed by atoms with Crippen molar-refractivity contribution >= 4 is 0 Å². The molecule has 0 saturated heterocycles. The number of nitrogens with one attached hydrogen (secondary N) is 1. The van der Waals surface area contributed by atoms with Crippen LogP contribution in [0.5, 0.6) is 11.5 Å². The largest absolute Gasteiger partial charge is 0.493 e. The molecule has 0 amide bonds. The lowest BCUT2D eigenvalue weighted by Crippen LogP contribution is -2.13. The van der Waals surface area contributed by atoms with E-state index in [-0.39, 0.29) is 0 Å². The molecule has 1 rings (SSSR count). The van der Waals surface area contributed by atoms with Crippen molar-refractivity contribution in [3.05, 3.63) is 35.4 Å². The van der Waals surface area contributed by atoms with Crippen molar-refractivity contribution in [1.82, 2.24) is 5.32 Å². The number of hydrogen-bond donors (Lipinski definition) is 1. The van der Waals surface area contributed by atoms with E-state index in [1.165, 1.54) is 11.1 Å². The molecule has 1 aromatic carbocycles. The van der Waals surface area contributed by atoms with Crippen molar-refractivity contribution in [1.29, 1.82) is 0 Å². The fraction of sp³-hybridized carbons (Fsp3) is 0.467. The van der Waals surface area contributed by atoms with Crippen LogP contribution in [-0.4, -0.2) is 20.3 Å². The Hall–Kier alpha value is -1.48. The standard InChI is InChI=1S/C15H23NO2/c1-5-18-14-7-6-13(10-15(14)17-4)11-16-9-8-12(2)3/h6-8,10,16H,5,9,11H2,1-4H3. The van der Waals surface area contributed by atoms with Crippen LogP contribution < -0.4 is 14.8 Å². The molecule has 0 heterocycles. The fourth-order valence-electron chi connectivity index (χ4n) is 1.59. The van der Waals surface area contributed by atoms with Crippen LogP contribution >= 0.6 is 0 Å². The molecule has 0 unspecified atom stereocenters. The van der Waals surface area contributed by atoms with E-state index in [0.717, 1.165) is 24.6 Å². The highest BCUT2D eigenvalue weighted by molar-refractivity contribution is 5.42. The van der Waals surface area contributed by atoms with E-state index in [9.17, 15) is 0 Å². The number of ether oxygens (including phenoxy) is 2. The summed E-state index contributed by atoms with van der Waals surface area (Å²) in [4.78, 5) is 0. The maximum Gasteiger partial charge on any atom is 0.161 e. The summed E-state index contributed by atoms with van der Waals surface area (Å²) >= 11 is 0. The van der Waals surface area contributed by atoms with Gasteiger partial charge in [-0.2, -0.15) is 0 Å². The zero-order valence-electron chi connectivity index (χ0n) is 11.7. The molecule has 18 heavy (non-hydrogen) atoms. The van der Waals surface area contributed by atoms with E-state index >= 15 is 0 Å². The lowest BCUT2D eigenvalue weighted by Gasteiger charge is -2.11. The van der Waals surface area contributed by atoms with Crippen LogP contribution in [0, 0.1) is 0 Å². The molecule has 0 aliphatic heterocycles. The third-order valence-corrected chi connectivity index (χ3v) is 2.51. The molecule has 0 aromatic heterocycles. The van der Waals surface area contributed by atoms with Gasteiger partial charge in [0.25, 0.3) is 0 Å².